The van der Waals surface area contributed by atoms with Gasteiger partial charge in [-0.25, -0.2) is 0 Å². The number of carbonyl (C=O) groups excluding carboxylic acids is 2. The molecule has 8 nitrogen and oxygen atoms in total. The number of carboxylic acid groups (broad SMARTS) is 1. The molecule has 0 unspecified atom stereocenters. The maximum Gasteiger partial charge on any atom is 0.306 e. The predicted molar refractivity (Wildman–Crippen MR) is 109 cm³/mol. The molecular weight excluding hydrogens is 396 g/mol. The van der Waals surface area contributed by atoms with Crippen molar-refractivity contribution in [3.05, 3.63) is 28.3 Å². The molecule has 154 valence electrons. The minimum atomic E-state index is -1.10. The SMILES string of the molecule is C#C[C@H](CC(=O)O)NC(=O)CN1CCc2cc(Cl)c(N3CCNCC3)cc2C1=O. The number of hydrogen-bond donors (Lipinski definition) is 3. The van der Waals surface area contributed by atoms with Gasteiger partial charge in [-0.15, -0.1) is 6.42 Å². The van der Waals surface area contributed by atoms with Gasteiger partial charge in [0.25, 0.3) is 5.91 Å². The van der Waals surface area contributed by atoms with Crippen LogP contribution in [-0.4, -0.2) is 73.1 Å². The summed E-state index contributed by atoms with van der Waals surface area (Å²) in [6.07, 6.45) is 5.48. The van der Waals surface area contributed by atoms with E-state index in [1.807, 2.05) is 12.1 Å². The molecule has 3 rings (SSSR count). The fraction of sp³-hybridized carbons (Fsp3) is 0.450. The van der Waals surface area contributed by atoms with E-state index in [9.17, 15) is 14.4 Å². The molecule has 0 spiro atoms. The number of amides is 2. The number of hydrogen-bond acceptors (Lipinski definition) is 5. The Balaban J connectivity index is 1.72. The van der Waals surface area contributed by atoms with Crippen molar-refractivity contribution >= 4 is 35.1 Å². The monoisotopic (exact) mass is 418 g/mol. The van der Waals surface area contributed by atoms with E-state index in [0.29, 0.717) is 23.6 Å². The number of benzene rings is 1. The molecule has 2 aliphatic heterocycles. The zero-order valence-corrected chi connectivity index (χ0v) is 16.7. The highest BCUT2D eigenvalue weighted by Gasteiger charge is 2.28. The van der Waals surface area contributed by atoms with Gasteiger partial charge >= 0.3 is 5.97 Å². The summed E-state index contributed by atoms with van der Waals surface area (Å²) in [5.74, 6) is 0.404. The van der Waals surface area contributed by atoms with Crippen LogP contribution < -0.4 is 15.5 Å². The number of carboxylic acids is 1. The van der Waals surface area contributed by atoms with E-state index in [2.05, 4.69) is 21.5 Å². The van der Waals surface area contributed by atoms with Gasteiger partial charge in [0.2, 0.25) is 5.91 Å². The minimum absolute atomic E-state index is 0.179. The first-order valence-corrected chi connectivity index (χ1v) is 9.81. The molecule has 2 heterocycles. The van der Waals surface area contributed by atoms with Gasteiger partial charge in [-0.1, -0.05) is 17.5 Å². The maximum absolute atomic E-state index is 13.0. The largest absolute Gasteiger partial charge is 0.481 e. The Bertz CT molecular complexity index is 861. The van der Waals surface area contributed by atoms with Crippen molar-refractivity contribution in [2.45, 2.75) is 18.9 Å². The Hall–Kier alpha value is -2.76. The van der Waals surface area contributed by atoms with E-state index in [1.54, 1.807) is 0 Å². The number of anilines is 1. The Morgan fingerprint density at radius 2 is 2.03 bits per heavy atom. The zero-order valence-electron chi connectivity index (χ0n) is 15.9. The lowest BCUT2D eigenvalue weighted by atomic mass is 9.97. The van der Waals surface area contributed by atoms with Gasteiger partial charge in [0, 0.05) is 38.3 Å². The van der Waals surface area contributed by atoms with Crippen molar-refractivity contribution in [1.29, 1.82) is 0 Å². The third-order valence-electron chi connectivity index (χ3n) is 5.05. The van der Waals surface area contributed by atoms with Crippen LogP contribution in [0.15, 0.2) is 12.1 Å². The van der Waals surface area contributed by atoms with Crippen molar-refractivity contribution in [2.24, 2.45) is 0 Å². The zero-order chi connectivity index (χ0) is 21.0. The van der Waals surface area contributed by atoms with E-state index in [-0.39, 0.29) is 18.9 Å². The molecule has 2 amide bonds. The molecule has 0 saturated carbocycles. The molecule has 0 radical (unpaired) electrons. The second-order valence-corrected chi connectivity index (χ2v) is 7.47. The summed E-state index contributed by atoms with van der Waals surface area (Å²) in [6, 6.07) is 2.74. The molecule has 1 saturated heterocycles. The van der Waals surface area contributed by atoms with Crippen LogP contribution >= 0.6 is 11.6 Å². The van der Waals surface area contributed by atoms with Crippen molar-refractivity contribution in [3.63, 3.8) is 0 Å². The van der Waals surface area contributed by atoms with Crippen LogP contribution in [-0.2, 0) is 16.0 Å². The smallest absolute Gasteiger partial charge is 0.306 e. The fourth-order valence-corrected chi connectivity index (χ4v) is 3.88. The molecule has 29 heavy (non-hydrogen) atoms. The summed E-state index contributed by atoms with van der Waals surface area (Å²) in [6.45, 7) is 3.50. The van der Waals surface area contributed by atoms with Gasteiger partial charge in [0.1, 0.15) is 6.04 Å². The molecule has 9 heteroatoms. The number of nitrogens with one attached hydrogen (secondary N) is 2. The lowest BCUT2D eigenvalue weighted by Gasteiger charge is -2.33. The highest BCUT2D eigenvalue weighted by molar-refractivity contribution is 6.33. The Morgan fingerprint density at radius 1 is 1.31 bits per heavy atom. The van der Waals surface area contributed by atoms with Gasteiger partial charge in [-0.05, 0) is 24.1 Å². The Morgan fingerprint density at radius 3 is 2.69 bits per heavy atom. The number of terminal acetylenes is 1. The topological polar surface area (TPSA) is 102 Å². The number of halogens is 1. The molecule has 0 aliphatic carbocycles. The van der Waals surface area contributed by atoms with Crippen LogP contribution in [0.1, 0.15) is 22.3 Å². The quantitative estimate of drug-likeness (QED) is 0.576. The van der Waals surface area contributed by atoms with Gasteiger partial charge in [-0.2, -0.15) is 0 Å². The lowest BCUT2D eigenvalue weighted by molar-refractivity contribution is -0.137. The molecule has 0 aromatic heterocycles. The van der Waals surface area contributed by atoms with E-state index >= 15 is 0 Å². The standard InChI is InChI=1S/C20H23ClN4O4/c1-2-14(10-19(27)28)23-18(26)12-25-6-3-13-9-16(21)17(11-15(13)20(25)29)24-7-4-22-5-8-24/h1,9,11,14,22H,3-8,10,12H2,(H,23,26)(H,27,28)/t14-/m1/s1. The molecule has 1 fully saturated rings. The highest BCUT2D eigenvalue weighted by Crippen LogP contribution is 2.32. The predicted octanol–water partition coefficient (Wildman–Crippen LogP) is 0.341. The van der Waals surface area contributed by atoms with Crippen LogP contribution in [0.4, 0.5) is 5.69 Å². The fourth-order valence-electron chi connectivity index (χ4n) is 3.57. The normalized spacial score (nSPS) is 17.3. The first-order valence-electron chi connectivity index (χ1n) is 9.43. The summed E-state index contributed by atoms with van der Waals surface area (Å²) in [4.78, 5) is 39.6. The van der Waals surface area contributed by atoms with Crippen molar-refractivity contribution in [3.8, 4) is 12.3 Å². The summed E-state index contributed by atoms with van der Waals surface area (Å²) in [5.41, 5.74) is 2.23. The van der Waals surface area contributed by atoms with Crippen LogP contribution in [0.25, 0.3) is 0 Å². The minimum Gasteiger partial charge on any atom is -0.481 e. The van der Waals surface area contributed by atoms with Crippen LogP contribution in [0.3, 0.4) is 0 Å². The molecule has 1 aromatic rings. The van der Waals surface area contributed by atoms with Crippen LogP contribution in [0.2, 0.25) is 5.02 Å². The van der Waals surface area contributed by atoms with Crippen LogP contribution in [0, 0.1) is 12.3 Å². The van der Waals surface area contributed by atoms with E-state index in [4.69, 9.17) is 23.1 Å². The van der Waals surface area contributed by atoms with Gasteiger partial charge in [0.05, 0.1) is 23.7 Å². The number of nitrogens with zero attached hydrogens (tertiary/aromatic N) is 2. The molecule has 2 aliphatic rings. The van der Waals surface area contributed by atoms with Crippen LogP contribution in [0.5, 0.6) is 0 Å². The van der Waals surface area contributed by atoms with E-state index in [1.165, 1.54) is 4.90 Å². The molecule has 0 bridgehead atoms. The summed E-state index contributed by atoms with van der Waals surface area (Å²) in [7, 11) is 0. The Labute approximate surface area is 174 Å². The number of rotatable bonds is 6. The Kier molecular flexibility index (Phi) is 6.62. The first-order chi connectivity index (χ1) is 13.9. The third-order valence-corrected chi connectivity index (χ3v) is 5.35. The van der Waals surface area contributed by atoms with Gasteiger partial charge < -0.3 is 25.5 Å². The second kappa shape index (κ2) is 9.16. The maximum atomic E-state index is 13.0. The first kappa shape index (κ1) is 21.0. The molecule has 1 atom stereocenters. The van der Waals surface area contributed by atoms with Gasteiger partial charge in [0.15, 0.2) is 0 Å². The van der Waals surface area contributed by atoms with E-state index in [0.717, 1.165) is 37.4 Å². The van der Waals surface area contributed by atoms with Crippen molar-refractivity contribution in [2.75, 3.05) is 44.2 Å². The summed E-state index contributed by atoms with van der Waals surface area (Å²) >= 11 is 6.46. The third kappa shape index (κ3) is 5.00. The summed E-state index contributed by atoms with van der Waals surface area (Å²) < 4.78 is 0. The average molecular weight is 419 g/mol. The molecule has 1 aromatic carbocycles. The summed E-state index contributed by atoms with van der Waals surface area (Å²) in [5, 5.41) is 15.2. The number of carbonyl (C=O) groups is 3. The highest BCUT2D eigenvalue weighted by atomic mass is 35.5. The molecular formula is C20H23ClN4O4. The lowest BCUT2D eigenvalue weighted by Crippen LogP contribution is -2.47. The molecule has 3 N–H and O–H groups in total. The van der Waals surface area contributed by atoms with Crippen molar-refractivity contribution < 1.29 is 19.5 Å². The van der Waals surface area contributed by atoms with Gasteiger partial charge in [-0.3, -0.25) is 14.4 Å². The van der Waals surface area contributed by atoms with E-state index < -0.39 is 17.9 Å². The van der Waals surface area contributed by atoms with Crippen molar-refractivity contribution in [1.82, 2.24) is 15.5 Å². The average Bonchev–Trinajstić information content (AvgIpc) is 2.69. The second-order valence-electron chi connectivity index (χ2n) is 7.06. The number of piperazine rings is 1. The number of fused-ring (bicyclic) bond motifs is 1. The number of aliphatic carboxylic acids is 1.